The number of benzene rings is 1. The maximum atomic E-state index is 13.3. The highest BCUT2D eigenvalue weighted by atomic mass is 28.5. The Kier molecular flexibility index (Phi) is 10.1. The van der Waals surface area contributed by atoms with E-state index in [9.17, 15) is 14.4 Å². The summed E-state index contributed by atoms with van der Waals surface area (Å²) in [5, 5.41) is 0. The molecule has 1 N–H and O–H groups in total. The first-order valence-corrected chi connectivity index (χ1v) is 23.7. The van der Waals surface area contributed by atoms with E-state index in [4.69, 9.17) is 17.7 Å². The number of nitrogens with zero attached hydrogens (tertiary/aromatic N) is 1. The summed E-state index contributed by atoms with van der Waals surface area (Å²) in [6.07, 6.45) is 6.52. The number of nitrogens with one attached hydrogen (secondary N) is 1. The molecule has 5 aliphatic rings. The van der Waals surface area contributed by atoms with E-state index in [1.165, 1.54) is 21.9 Å². The van der Waals surface area contributed by atoms with E-state index in [0.717, 1.165) is 44.1 Å². The van der Waals surface area contributed by atoms with Crippen molar-refractivity contribution in [3.05, 3.63) is 67.5 Å². The van der Waals surface area contributed by atoms with Crippen LogP contribution in [-0.2, 0) is 28.9 Å². The second kappa shape index (κ2) is 13.9. The first kappa shape index (κ1) is 37.7. The molecular formula is C41H58N2O7Si2. The number of Topliss-reactive ketones (excluding diaryl/α,β-unsaturated/α-hetero) is 1. The molecule has 7 rings (SSSR count). The first-order valence-electron chi connectivity index (χ1n) is 19.8. The molecule has 4 fully saturated rings. The van der Waals surface area contributed by atoms with Gasteiger partial charge in [0.05, 0.1) is 12.7 Å². The van der Waals surface area contributed by atoms with Gasteiger partial charge in [0.25, 0.3) is 5.56 Å². The van der Waals surface area contributed by atoms with Crippen LogP contribution in [0.4, 0.5) is 0 Å². The Morgan fingerprint density at radius 2 is 1.60 bits per heavy atom. The van der Waals surface area contributed by atoms with Gasteiger partial charge >= 0.3 is 22.8 Å². The Morgan fingerprint density at radius 1 is 0.885 bits per heavy atom. The normalized spacial score (nSPS) is 32.1. The molecule has 4 unspecified atom stereocenters. The molecule has 7 atom stereocenters. The van der Waals surface area contributed by atoms with Gasteiger partial charge in [-0.25, -0.2) is 4.79 Å². The SMILES string of the molecule is CC(C)[Si]1(C(C)C)OC[C@H]2O[C@@H](n3cc(C#Cc4ccc5c(c4)CCC4C5CC[C@]5(C)C(=O)CCC45)c(=O)[nH]c3=O)CC2O[Si](C(C)C)(C(C)C)O1. The minimum atomic E-state index is -2.84. The molecule has 3 heterocycles. The summed E-state index contributed by atoms with van der Waals surface area (Å²) in [5.74, 6) is 8.32. The van der Waals surface area contributed by atoms with Gasteiger partial charge in [0.2, 0.25) is 0 Å². The zero-order chi connectivity index (χ0) is 37.3. The summed E-state index contributed by atoms with van der Waals surface area (Å²) in [4.78, 5) is 41.6. The highest BCUT2D eigenvalue weighted by Crippen LogP contribution is 2.59. The monoisotopic (exact) mass is 746 g/mol. The number of aromatic amines is 1. The molecule has 0 spiro atoms. The Morgan fingerprint density at radius 3 is 2.29 bits per heavy atom. The van der Waals surface area contributed by atoms with Crippen molar-refractivity contribution in [3.8, 4) is 11.8 Å². The number of carbonyl (C=O) groups excluding carboxylic acids is 1. The van der Waals surface area contributed by atoms with Crippen molar-refractivity contribution in [1.29, 1.82) is 0 Å². The summed E-state index contributed by atoms with van der Waals surface area (Å²) in [6.45, 7) is 20.1. The number of ketones is 1. The maximum Gasteiger partial charge on any atom is 0.335 e. The van der Waals surface area contributed by atoms with Crippen LogP contribution in [0.15, 0.2) is 34.0 Å². The Balaban J connectivity index is 1.14. The number of carbonyl (C=O) groups is 1. The molecule has 2 aliphatic heterocycles. The Bertz CT molecular complexity index is 1870. The van der Waals surface area contributed by atoms with Gasteiger partial charge < -0.3 is 17.7 Å². The lowest BCUT2D eigenvalue weighted by molar-refractivity contribution is -0.129. The number of fused-ring (bicyclic) bond motifs is 6. The lowest BCUT2D eigenvalue weighted by atomic mass is 9.55. The lowest BCUT2D eigenvalue weighted by Crippen LogP contribution is -2.65. The van der Waals surface area contributed by atoms with Gasteiger partial charge in [-0.2, -0.15) is 0 Å². The third-order valence-corrected chi connectivity index (χ3v) is 23.9. The molecule has 3 aliphatic carbocycles. The molecule has 1 aromatic heterocycles. The smallest absolute Gasteiger partial charge is 0.335 e. The Hall–Kier alpha value is -2.60. The molecule has 0 amide bonds. The van der Waals surface area contributed by atoms with Crippen molar-refractivity contribution in [2.24, 2.45) is 17.3 Å². The first-order chi connectivity index (χ1) is 24.6. The third kappa shape index (κ3) is 6.19. The molecule has 0 bridgehead atoms. The predicted molar refractivity (Wildman–Crippen MR) is 206 cm³/mol. The summed E-state index contributed by atoms with van der Waals surface area (Å²) < 4.78 is 29.4. The summed E-state index contributed by atoms with van der Waals surface area (Å²) in [5.41, 5.74) is 3.39. The van der Waals surface area contributed by atoms with Crippen molar-refractivity contribution in [2.75, 3.05) is 6.61 Å². The number of rotatable bonds is 5. The zero-order valence-electron chi connectivity index (χ0n) is 32.5. The van der Waals surface area contributed by atoms with E-state index in [1.54, 1.807) is 0 Å². The summed E-state index contributed by atoms with van der Waals surface area (Å²) in [6, 6.07) is 6.45. The molecule has 9 nitrogen and oxygen atoms in total. The van der Waals surface area contributed by atoms with E-state index in [2.05, 4.69) is 97.3 Å². The quantitative estimate of drug-likeness (QED) is 0.248. The van der Waals surface area contributed by atoms with Gasteiger partial charge in [0.1, 0.15) is 23.7 Å². The van der Waals surface area contributed by atoms with Crippen molar-refractivity contribution < 1.29 is 22.5 Å². The molecule has 2 saturated heterocycles. The van der Waals surface area contributed by atoms with Crippen LogP contribution < -0.4 is 11.2 Å². The van der Waals surface area contributed by atoms with Crippen molar-refractivity contribution >= 4 is 22.9 Å². The molecule has 52 heavy (non-hydrogen) atoms. The van der Waals surface area contributed by atoms with Crippen LogP contribution in [0.25, 0.3) is 0 Å². The molecule has 2 saturated carbocycles. The predicted octanol–water partition coefficient (Wildman–Crippen LogP) is 7.61. The average molecular weight is 747 g/mol. The van der Waals surface area contributed by atoms with Crippen LogP contribution in [0.1, 0.15) is 135 Å². The van der Waals surface area contributed by atoms with Gasteiger partial charge in [-0.05, 0) is 95.3 Å². The van der Waals surface area contributed by atoms with Crippen molar-refractivity contribution in [1.82, 2.24) is 9.55 Å². The summed E-state index contributed by atoms with van der Waals surface area (Å²) >= 11 is 0. The molecule has 282 valence electrons. The maximum absolute atomic E-state index is 13.3. The van der Waals surface area contributed by atoms with Crippen LogP contribution in [-0.4, -0.2) is 51.3 Å². The van der Waals surface area contributed by atoms with Gasteiger partial charge in [0.15, 0.2) is 0 Å². The average Bonchev–Trinajstić information content (AvgIpc) is 3.62. The van der Waals surface area contributed by atoms with Crippen LogP contribution >= 0.6 is 0 Å². The van der Waals surface area contributed by atoms with Gasteiger partial charge in [0, 0.05) is 30.0 Å². The number of aryl methyl sites for hydroxylation is 1. The topological polar surface area (TPSA) is 109 Å². The number of hydrogen-bond donors (Lipinski definition) is 1. The van der Waals surface area contributed by atoms with E-state index < -0.39 is 34.6 Å². The largest absolute Gasteiger partial charge is 0.414 e. The second-order valence-corrected chi connectivity index (χ2v) is 26.5. The highest BCUT2D eigenvalue weighted by Gasteiger charge is 2.60. The lowest BCUT2D eigenvalue weighted by Gasteiger charge is -2.51. The number of H-pyrrole nitrogens is 1. The molecule has 0 radical (unpaired) electrons. The number of hydrogen-bond acceptors (Lipinski definition) is 7. The van der Waals surface area contributed by atoms with Crippen molar-refractivity contribution in [2.45, 2.75) is 154 Å². The zero-order valence-corrected chi connectivity index (χ0v) is 34.5. The number of ether oxygens (including phenoxy) is 1. The highest BCUT2D eigenvalue weighted by molar-refractivity contribution is 6.84. The minimum absolute atomic E-state index is 0.132. The molecular weight excluding hydrogens is 689 g/mol. The molecule has 11 heteroatoms. The van der Waals surface area contributed by atoms with Gasteiger partial charge in [-0.3, -0.25) is 19.1 Å². The minimum Gasteiger partial charge on any atom is -0.414 e. The fraction of sp³-hybridized carbons (Fsp3) is 0.683. The van der Waals surface area contributed by atoms with Crippen LogP contribution in [0.2, 0.25) is 22.2 Å². The van der Waals surface area contributed by atoms with E-state index in [-0.39, 0.29) is 45.4 Å². The van der Waals surface area contributed by atoms with Gasteiger partial charge in [-0.1, -0.05) is 80.2 Å². The van der Waals surface area contributed by atoms with E-state index >= 15 is 0 Å². The van der Waals surface area contributed by atoms with Crippen LogP contribution in [0, 0.1) is 29.1 Å². The van der Waals surface area contributed by atoms with E-state index in [1.807, 2.05) is 0 Å². The standard InChI is InChI=1S/C41H58N2O7Si2/c1-24(2)51(25(3)4)47-23-36-35(49-52(50-51,26(5)6)27(7)8)21-38(48-36)43-22-30(39(45)42-40(43)46)12-10-28-11-14-31-29(20-28)13-15-33-32(31)18-19-41(9)34(33)16-17-37(41)44/h11,14,20,22,24-27,32-36,38H,13,15-19,21,23H2,1-9H3,(H,42,45,46)/t32?,33?,34?,35?,36-,38-,41+/m1/s1. The van der Waals surface area contributed by atoms with E-state index in [0.29, 0.717) is 36.6 Å². The van der Waals surface area contributed by atoms with Crippen molar-refractivity contribution in [3.63, 3.8) is 0 Å². The fourth-order valence-electron chi connectivity index (χ4n) is 10.7. The fourth-order valence-corrected chi connectivity index (χ4v) is 21.9. The Labute approximate surface area is 311 Å². The molecule has 2 aromatic rings. The number of aromatic nitrogens is 2. The van der Waals surface area contributed by atoms with Gasteiger partial charge in [-0.15, -0.1) is 0 Å². The second-order valence-electron chi connectivity index (χ2n) is 17.7. The molecule has 1 aromatic carbocycles. The third-order valence-electron chi connectivity index (χ3n) is 13.6. The van der Waals surface area contributed by atoms with Crippen LogP contribution in [0.5, 0.6) is 0 Å². The summed E-state index contributed by atoms with van der Waals surface area (Å²) in [7, 11) is -5.57. The van der Waals surface area contributed by atoms with Crippen LogP contribution in [0.3, 0.4) is 0 Å².